The van der Waals surface area contributed by atoms with E-state index in [0.717, 1.165) is 21.3 Å². The molecule has 2 aromatic carbocycles. The average Bonchev–Trinajstić information content (AvgIpc) is 2.38. The largest absolute Gasteiger partial charge is 0.496 e. The number of alkyl halides is 1. The van der Waals surface area contributed by atoms with Gasteiger partial charge in [0.1, 0.15) is 5.75 Å². The minimum atomic E-state index is -0.150. The lowest BCUT2D eigenvalue weighted by Crippen LogP contribution is -1.97. The van der Waals surface area contributed by atoms with Gasteiger partial charge in [0.15, 0.2) is 0 Å². The fourth-order valence-corrected chi connectivity index (χ4v) is 3.07. The van der Waals surface area contributed by atoms with E-state index < -0.39 is 0 Å². The normalized spacial score (nSPS) is 12.3. The van der Waals surface area contributed by atoms with Crippen LogP contribution in [0.25, 0.3) is 0 Å². The summed E-state index contributed by atoms with van der Waals surface area (Å²) in [5, 5.41) is -0.150. The highest BCUT2D eigenvalue weighted by Crippen LogP contribution is 2.35. The number of halogens is 2. The van der Waals surface area contributed by atoms with Crippen molar-refractivity contribution >= 4 is 27.5 Å². The molecular formula is C16H16BrClO. The standard InChI is InChI=1S/C16H16BrClO/c1-10-4-6-13(11(2)8-10)16(18)12-5-7-15(19-3)14(17)9-12/h4-9,16H,1-3H3. The van der Waals surface area contributed by atoms with Crippen LogP contribution >= 0.6 is 27.5 Å². The molecule has 0 N–H and O–H groups in total. The Balaban J connectivity index is 2.38. The van der Waals surface area contributed by atoms with E-state index in [1.165, 1.54) is 11.1 Å². The number of hydrogen-bond acceptors (Lipinski definition) is 1. The van der Waals surface area contributed by atoms with Crippen LogP contribution in [0, 0.1) is 13.8 Å². The maximum atomic E-state index is 6.60. The summed E-state index contributed by atoms with van der Waals surface area (Å²) in [6, 6.07) is 12.3. The smallest absolute Gasteiger partial charge is 0.133 e. The van der Waals surface area contributed by atoms with E-state index in [0.29, 0.717) is 0 Å². The zero-order valence-electron chi connectivity index (χ0n) is 11.2. The monoisotopic (exact) mass is 338 g/mol. The Hall–Kier alpha value is -0.990. The molecule has 0 bridgehead atoms. The Labute approximate surface area is 127 Å². The molecule has 100 valence electrons. The van der Waals surface area contributed by atoms with Crippen LogP contribution in [0.3, 0.4) is 0 Å². The molecule has 0 spiro atoms. The molecule has 1 atom stereocenters. The van der Waals surface area contributed by atoms with Gasteiger partial charge in [0.05, 0.1) is 17.0 Å². The van der Waals surface area contributed by atoms with Crippen molar-refractivity contribution in [3.8, 4) is 5.75 Å². The van der Waals surface area contributed by atoms with Gasteiger partial charge in [0, 0.05) is 0 Å². The van der Waals surface area contributed by atoms with Crippen LogP contribution in [0.15, 0.2) is 40.9 Å². The van der Waals surface area contributed by atoms with Gasteiger partial charge in [-0.3, -0.25) is 0 Å². The van der Waals surface area contributed by atoms with Crippen LogP contribution in [-0.4, -0.2) is 7.11 Å². The topological polar surface area (TPSA) is 9.23 Å². The quantitative estimate of drug-likeness (QED) is 0.680. The summed E-state index contributed by atoms with van der Waals surface area (Å²) in [5.41, 5.74) is 4.67. The van der Waals surface area contributed by atoms with Crippen molar-refractivity contribution in [1.82, 2.24) is 0 Å². The molecule has 0 saturated carbocycles. The maximum absolute atomic E-state index is 6.60. The third-order valence-corrected chi connectivity index (χ3v) is 4.27. The van der Waals surface area contributed by atoms with E-state index in [2.05, 4.69) is 48.0 Å². The molecule has 0 amide bonds. The molecule has 2 rings (SSSR count). The predicted octanol–water partition coefficient (Wildman–Crippen LogP) is 5.40. The first-order chi connectivity index (χ1) is 9.02. The third-order valence-electron chi connectivity index (χ3n) is 3.17. The summed E-state index contributed by atoms with van der Waals surface area (Å²) in [6.45, 7) is 4.18. The van der Waals surface area contributed by atoms with Gasteiger partial charge in [-0.25, -0.2) is 0 Å². The average molecular weight is 340 g/mol. The maximum Gasteiger partial charge on any atom is 0.133 e. The van der Waals surface area contributed by atoms with E-state index >= 15 is 0 Å². The number of methoxy groups -OCH3 is 1. The second-order valence-electron chi connectivity index (χ2n) is 4.62. The molecule has 0 aliphatic rings. The van der Waals surface area contributed by atoms with Crippen molar-refractivity contribution in [3.05, 3.63) is 63.1 Å². The van der Waals surface area contributed by atoms with Crippen molar-refractivity contribution in [2.24, 2.45) is 0 Å². The third kappa shape index (κ3) is 3.13. The van der Waals surface area contributed by atoms with E-state index in [-0.39, 0.29) is 5.38 Å². The fourth-order valence-electron chi connectivity index (χ4n) is 2.13. The molecule has 0 aliphatic carbocycles. The van der Waals surface area contributed by atoms with Crippen molar-refractivity contribution in [3.63, 3.8) is 0 Å². The van der Waals surface area contributed by atoms with Gasteiger partial charge < -0.3 is 4.74 Å². The van der Waals surface area contributed by atoms with Gasteiger partial charge in [0.25, 0.3) is 0 Å². The molecule has 19 heavy (non-hydrogen) atoms. The van der Waals surface area contributed by atoms with E-state index in [4.69, 9.17) is 16.3 Å². The summed E-state index contributed by atoms with van der Waals surface area (Å²) >= 11 is 10.1. The van der Waals surface area contributed by atoms with E-state index in [9.17, 15) is 0 Å². The predicted molar refractivity (Wildman–Crippen MR) is 84.3 cm³/mol. The number of ether oxygens (including phenoxy) is 1. The highest BCUT2D eigenvalue weighted by atomic mass is 79.9. The summed E-state index contributed by atoms with van der Waals surface area (Å²) < 4.78 is 6.15. The minimum Gasteiger partial charge on any atom is -0.496 e. The Bertz CT molecular complexity index is 595. The van der Waals surface area contributed by atoms with E-state index in [1.807, 2.05) is 18.2 Å². The van der Waals surface area contributed by atoms with Crippen LogP contribution in [0.2, 0.25) is 0 Å². The Morgan fingerprint density at radius 3 is 2.42 bits per heavy atom. The minimum absolute atomic E-state index is 0.150. The molecule has 0 radical (unpaired) electrons. The first kappa shape index (κ1) is 14.4. The first-order valence-corrected chi connectivity index (χ1v) is 7.30. The molecule has 0 saturated heterocycles. The van der Waals surface area contributed by atoms with Crippen molar-refractivity contribution in [2.45, 2.75) is 19.2 Å². The lowest BCUT2D eigenvalue weighted by molar-refractivity contribution is 0.412. The molecule has 0 fully saturated rings. The summed E-state index contributed by atoms with van der Waals surface area (Å²) in [5.74, 6) is 0.813. The second kappa shape index (κ2) is 5.98. The Kier molecular flexibility index (Phi) is 4.54. The molecule has 3 heteroatoms. The van der Waals surface area contributed by atoms with Crippen molar-refractivity contribution < 1.29 is 4.74 Å². The number of benzene rings is 2. The van der Waals surface area contributed by atoms with Crippen LogP contribution in [0.1, 0.15) is 27.6 Å². The van der Waals surface area contributed by atoms with E-state index in [1.54, 1.807) is 7.11 Å². The molecule has 2 aromatic rings. The zero-order valence-corrected chi connectivity index (χ0v) is 13.5. The number of hydrogen-bond donors (Lipinski definition) is 0. The van der Waals surface area contributed by atoms with Gasteiger partial charge in [0.2, 0.25) is 0 Å². The summed E-state index contributed by atoms with van der Waals surface area (Å²) in [6.07, 6.45) is 0. The van der Waals surface area contributed by atoms with Crippen molar-refractivity contribution in [1.29, 1.82) is 0 Å². The summed E-state index contributed by atoms with van der Waals surface area (Å²) in [4.78, 5) is 0. The van der Waals surface area contributed by atoms with Crippen LogP contribution < -0.4 is 4.74 Å². The van der Waals surface area contributed by atoms with Gasteiger partial charge in [-0.15, -0.1) is 11.6 Å². The van der Waals surface area contributed by atoms with Gasteiger partial charge in [-0.2, -0.15) is 0 Å². The lowest BCUT2D eigenvalue weighted by atomic mass is 9.98. The fraction of sp³-hybridized carbons (Fsp3) is 0.250. The summed E-state index contributed by atoms with van der Waals surface area (Å²) in [7, 11) is 1.65. The van der Waals surface area contributed by atoms with Gasteiger partial charge in [-0.1, -0.05) is 29.8 Å². The zero-order chi connectivity index (χ0) is 14.0. The molecule has 1 nitrogen and oxygen atoms in total. The van der Waals surface area contributed by atoms with Crippen LogP contribution in [-0.2, 0) is 0 Å². The van der Waals surface area contributed by atoms with Gasteiger partial charge in [-0.05, 0) is 58.6 Å². The molecular weight excluding hydrogens is 324 g/mol. The second-order valence-corrected chi connectivity index (χ2v) is 5.91. The molecule has 0 aromatic heterocycles. The Morgan fingerprint density at radius 1 is 1.11 bits per heavy atom. The van der Waals surface area contributed by atoms with Gasteiger partial charge >= 0.3 is 0 Å². The SMILES string of the molecule is COc1ccc(C(Cl)c2ccc(C)cc2C)cc1Br. The molecule has 0 heterocycles. The lowest BCUT2D eigenvalue weighted by Gasteiger charge is -2.15. The highest BCUT2D eigenvalue weighted by Gasteiger charge is 2.14. The number of aryl methyl sites for hydroxylation is 2. The molecule has 0 aliphatic heterocycles. The van der Waals surface area contributed by atoms with Crippen LogP contribution in [0.4, 0.5) is 0 Å². The number of rotatable bonds is 3. The highest BCUT2D eigenvalue weighted by molar-refractivity contribution is 9.10. The Morgan fingerprint density at radius 2 is 1.84 bits per heavy atom. The first-order valence-electron chi connectivity index (χ1n) is 6.07. The van der Waals surface area contributed by atoms with Crippen molar-refractivity contribution in [2.75, 3.05) is 7.11 Å². The molecule has 1 unspecified atom stereocenters. The van der Waals surface area contributed by atoms with Crippen LogP contribution in [0.5, 0.6) is 5.75 Å².